The van der Waals surface area contributed by atoms with E-state index in [1.54, 1.807) is 29.0 Å². The van der Waals surface area contributed by atoms with Gasteiger partial charge in [-0.1, -0.05) is 30.7 Å². The van der Waals surface area contributed by atoms with E-state index in [-0.39, 0.29) is 6.61 Å². The summed E-state index contributed by atoms with van der Waals surface area (Å²) < 4.78 is 14.7. The van der Waals surface area contributed by atoms with Crippen LogP contribution in [0.3, 0.4) is 0 Å². The van der Waals surface area contributed by atoms with E-state index >= 15 is 0 Å². The molecular weight excluding hydrogens is 606 g/mol. The maximum atomic E-state index is 13.4. The van der Waals surface area contributed by atoms with Crippen molar-refractivity contribution in [2.45, 2.75) is 59.7 Å². The van der Waals surface area contributed by atoms with Crippen molar-refractivity contribution < 1.29 is 14.3 Å². The van der Waals surface area contributed by atoms with Crippen LogP contribution in [0.15, 0.2) is 67.3 Å². The molecule has 6 rings (SSSR count). The third kappa shape index (κ3) is 6.20. The van der Waals surface area contributed by atoms with Gasteiger partial charge < -0.3 is 9.47 Å². The molecule has 4 heterocycles. The van der Waals surface area contributed by atoms with Crippen LogP contribution in [0.1, 0.15) is 57.4 Å². The summed E-state index contributed by atoms with van der Waals surface area (Å²) in [5.74, 6) is -0.428. The van der Waals surface area contributed by atoms with Crippen LogP contribution < -0.4 is 0 Å². The summed E-state index contributed by atoms with van der Waals surface area (Å²) in [6.45, 7) is 11.9. The molecule has 2 aromatic carbocycles. The molecule has 0 spiro atoms. The highest BCUT2D eigenvalue weighted by atomic mass is 35.5. The van der Waals surface area contributed by atoms with Gasteiger partial charge in [0, 0.05) is 51.4 Å². The number of ether oxygens (including phenoxy) is 2. The number of rotatable bonds is 8. The first kappa shape index (κ1) is 30.8. The predicted octanol–water partition coefficient (Wildman–Crippen LogP) is 8.68. The van der Waals surface area contributed by atoms with E-state index in [0.29, 0.717) is 5.02 Å². The molecule has 6 aromatic rings. The topological polar surface area (TPSA) is 91.5 Å². The minimum atomic E-state index is -0.934. The molecule has 0 amide bonds. The molecule has 1 atom stereocenters. The summed E-state index contributed by atoms with van der Waals surface area (Å²) in [7, 11) is 0. The Morgan fingerprint density at radius 3 is 2.51 bits per heavy atom. The smallest absolute Gasteiger partial charge is 0.339 e. The molecule has 10 heteroatoms. The highest BCUT2D eigenvalue weighted by Gasteiger charge is 2.33. The fourth-order valence-electron chi connectivity index (χ4n) is 5.40. The molecule has 230 valence electrons. The Bertz CT molecular complexity index is 2030. The number of thiazole rings is 1. The zero-order chi connectivity index (χ0) is 31.9. The van der Waals surface area contributed by atoms with Crippen LogP contribution in [0.5, 0.6) is 0 Å². The van der Waals surface area contributed by atoms with Gasteiger partial charge in [0.15, 0.2) is 11.8 Å². The van der Waals surface area contributed by atoms with Gasteiger partial charge in [-0.15, -0.1) is 11.3 Å². The Balaban J connectivity index is 1.52. The Labute approximate surface area is 271 Å². The average Bonchev–Trinajstić information content (AvgIpc) is 3.63. The molecular formula is C35H34ClN5O3S. The number of hydrogen-bond donors (Lipinski definition) is 0. The first-order valence-corrected chi connectivity index (χ1v) is 16.1. The molecule has 0 aliphatic heterocycles. The molecule has 0 aliphatic rings. The molecule has 45 heavy (non-hydrogen) atoms. The number of halogens is 1. The van der Waals surface area contributed by atoms with Gasteiger partial charge in [-0.05, 0) is 82.5 Å². The third-order valence-electron chi connectivity index (χ3n) is 7.41. The maximum Gasteiger partial charge on any atom is 0.339 e. The van der Waals surface area contributed by atoms with Crippen LogP contribution in [0, 0.1) is 6.92 Å². The van der Waals surface area contributed by atoms with Crippen molar-refractivity contribution in [3.63, 3.8) is 0 Å². The fraction of sp³-hybridized carbons (Fsp3) is 0.286. The van der Waals surface area contributed by atoms with E-state index in [0.717, 1.165) is 71.9 Å². The monoisotopic (exact) mass is 639 g/mol. The molecule has 1 unspecified atom stereocenters. The number of aromatic nitrogens is 5. The van der Waals surface area contributed by atoms with Crippen molar-refractivity contribution in [3.8, 4) is 33.0 Å². The second-order valence-electron chi connectivity index (χ2n) is 11.8. The summed E-state index contributed by atoms with van der Waals surface area (Å²) in [6, 6.07) is 13.6. The minimum Gasteiger partial charge on any atom is -0.464 e. The molecule has 0 aliphatic carbocycles. The van der Waals surface area contributed by atoms with Gasteiger partial charge in [-0.2, -0.15) is 5.10 Å². The molecule has 0 fully saturated rings. The summed E-state index contributed by atoms with van der Waals surface area (Å²) in [5.41, 5.74) is 8.14. The second kappa shape index (κ2) is 12.3. The van der Waals surface area contributed by atoms with Gasteiger partial charge in [-0.3, -0.25) is 4.98 Å². The highest BCUT2D eigenvalue weighted by Crippen LogP contribution is 2.44. The Kier molecular flexibility index (Phi) is 8.43. The van der Waals surface area contributed by atoms with Crippen molar-refractivity contribution in [1.29, 1.82) is 0 Å². The summed E-state index contributed by atoms with van der Waals surface area (Å²) in [5, 5.41) is 5.92. The van der Waals surface area contributed by atoms with Crippen LogP contribution in [0.25, 0.3) is 48.8 Å². The lowest BCUT2D eigenvalue weighted by atomic mass is 9.91. The Morgan fingerprint density at radius 2 is 1.80 bits per heavy atom. The predicted molar refractivity (Wildman–Crippen MR) is 180 cm³/mol. The van der Waals surface area contributed by atoms with Crippen LogP contribution in [-0.4, -0.2) is 42.7 Å². The molecule has 0 saturated carbocycles. The van der Waals surface area contributed by atoms with Crippen molar-refractivity contribution in [2.75, 3.05) is 6.61 Å². The van der Waals surface area contributed by atoms with Gasteiger partial charge in [0.2, 0.25) is 0 Å². The SMILES string of the molecule is CCOC(=O)C(OC(C)(C)C)c1c(C)cc2nc(-c3ccnc(-c4cnc5c(CC)cnn5c4)c3)sc2c1-c1ccc(Cl)cc1. The minimum absolute atomic E-state index is 0.248. The lowest BCUT2D eigenvalue weighted by Gasteiger charge is -2.29. The van der Waals surface area contributed by atoms with Gasteiger partial charge >= 0.3 is 5.97 Å². The molecule has 0 radical (unpaired) electrons. The number of pyridine rings is 1. The van der Waals surface area contributed by atoms with Crippen LogP contribution in [0.2, 0.25) is 5.02 Å². The number of carbonyl (C=O) groups is 1. The lowest BCUT2D eigenvalue weighted by Crippen LogP contribution is -2.29. The second-order valence-corrected chi connectivity index (χ2v) is 13.2. The normalized spacial score (nSPS) is 12.6. The van der Waals surface area contributed by atoms with Crippen LogP contribution in [0.4, 0.5) is 0 Å². The number of fused-ring (bicyclic) bond motifs is 2. The first-order valence-electron chi connectivity index (χ1n) is 14.9. The molecule has 0 bridgehead atoms. The van der Waals surface area contributed by atoms with Crippen molar-refractivity contribution in [1.82, 2.24) is 24.6 Å². The average molecular weight is 640 g/mol. The number of benzene rings is 2. The maximum absolute atomic E-state index is 13.4. The van der Waals surface area contributed by atoms with E-state index < -0.39 is 17.7 Å². The number of esters is 1. The summed E-state index contributed by atoms with van der Waals surface area (Å²) >= 11 is 7.86. The quantitative estimate of drug-likeness (QED) is 0.154. The summed E-state index contributed by atoms with van der Waals surface area (Å²) in [4.78, 5) is 27.8. The van der Waals surface area contributed by atoms with Crippen LogP contribution in [-0.2, 0) is 20.7 Å². The van der Waals surface area contributed by atoms with Gasteiger partial charge in [0.1, 0.15) is 5.01 Å². The molecule has 4 aromatic heterocycles. The van der Waals surface area contributed by atoms with Gasteiger partial charge in [-0.25, -0.2) is 19.3 Å². The van der Waals surface area contributed by atoms with Gasteiger partial charge in [0.05, 0.1) is 34.3 Å². The number of nitrogens with zero attached hydrogens (tertiary/aromatic N) is 5. The molecule has 0 N–H and O–H groups in total. The Hall–Kier alpha value is -4.18. The Morgan fingerprint density at radius 1 is 1.02 bits per heavy atom. The third-order valence-corrected chi connectivity index (χ3v) is 8.80. The lowest BCUT2D eigenvalue weighted by molar-refractivity contribution is -0.166. The summed E-state index contributed by atoms with van der Waals surface area (Å²) in [6.07, 6.45) is 7.35. The van der Waals surface area contributed by atoms with E-state index in [1.807, 2.05) is 88.8 Å². The van der Waals surface area contributed by atoms with Crippen molar-refractivity contribution in [3.05, 3.63) is 89.0 Å². The van der Waals surface area contributed by atoms with E-state index in [4.69, 9.17) is 26.1 Å². The molecule has 8 nitrogen and oxygen atoms in total. The zero-order valence-corrected chi connectivity index (χ0v) is 27.7. The van der Waals surface area contributed by atoms with E-state index in [1.165, 1.54) is 0 Å². The first-order chi connectivity index (χ1) is 21.6. The number of carbonyl (C=O) groups excluding carboxylic acids is 1. The van der Waals surface area contributed by atoms with Crippen molar-refractivity contribution >= 4 is 44.8 Å². The standard InChI is InChI=1S/C35H34ClN5O3S/c1-7-21-18-39-41-19-24(17-38-32(21)41)26-16-23(13-14-37-26)33-40-27-15-20(3)28(30(34(42)43-8-2)44-35(4,5)6)29(31(27)45-33)22-9-11-25(36)12-10-22/h9-19,30H,7-8H2,1-6H3. The fourth-order valence-corrected chi connectivity index (χ4v) is 6.65. The van der Waals surface area contributed by atoms with E-state index in [9.17, 15) is 4.79 Å². The molecule has 0 saturated heterocycles. The van der Waals surface area contributed by atoms with Crippen LogP contribution >= 0.6 is 22.9 Å². The largest absolute Gasteiger partial charge is 0.464 e. The van der Waals surface area contributed by atoms with E-state index in [2.05, 4.69) is 22.0 Å². The highest BCUT2D eigenvalue weighted by molar-refractivity contribution is 7.22. The zero-order valence-electron chi connectivity index (χ0n) is 26.1. The number of hydrogen-bond acceptors (Lipinski definition) is 8. The van der Waals surface area contributed by atoms with Crippen molar-refractivity contribution in [2.24, 2.45) is 0 Å². The van der Waals surface area contributed by atoms with Gasteiger partial charge in [0.25, 0.3) is 0 Å². The number of aryl methyl sites for hydroxylation is 2.